The number of para-hydroxylation sites is 1. The van der Waals surface area contributed by atoms with Crippen molar-refractivity contribution in [1.29, 1.82) is 0 Å². The molecule has 0 amide bonds. The van der Waals surface area contributed by atoms with Crippen LogP contribution in [0.2, 0.25) is 0 Å². The summed E-state index contributed by atoms with van der Waals surface area (Å²) in [5, 5.41) is 9.49. The molecule has 0 N–H and O–H groups in total. The molecule has 2 aromatic heterocycles. The van der Waals surface area contributed by atoms with E-state index in [1.807, 2.05) is 35.9 Å². The maximum atomic E-state index is 5.71. The van der Waals surface area contributed by atoms with Crippen molar-refractivity contribution in [3.05, 3.63) is 65.5 Å². The predicted octanol–water partition coefficient (Wildman–Crippen LogP) is 5.05. The van der Waals surface area contributed by atoms with Gasteiger partial charge in [0.15, 0.2) is 11.0 Å². The molecule has 4 rings (SSSR count). The Bertz CT molecular complexity index is 1150. The molecule has 29 heavy (non-hydrogen) atoms. The molecule has 7 heteroatoms. The zero-order valence-corrected chi connectivity index (χ0v) is 17.7. The van der Waals surface area contributed by atoms with Gasteiger partial charge in [0.05, 0.1) is 18.4 Å². The molecule has 2 aromatic carbocycles. The molecule has 6 nitrogen and oxygen atoms in total. The molecule has 0 radical (unpaired) electrons. The Morgan fingerprint density at radius 3 is 2.69 bits per heavy atom. The van der Waals surface area contributed by atoms with Crippen molar-refractivity contribution in [2.45, 2.75) is 24.8 Å². The highest BCUT2D eigenvalue weighted by Crippen LogP contribution is 2.31. The Kier molecular flexibility index (Phi) is 5.40. The van der Waals surface area contributed by atoms with Crippen LogP contribution in [-0.2, 0) is 12.8 Å². The van der Waals surface area contributed by atoms with Gasteiger partial charge in [-0.05, 0) is 37.6 Å². The fourth-order valence-electron chi connectivity index (χ4n) is 3.19. The molecule has 0 saturated heterocycles. The van der Waals surface area contributed by atoms with Gasteiger partial charge < -0.3 is 13.7 Å². The van der Waals surface area contributed by atoms with Gasteiger partial charge in [0.2, 0.25) is 5.89 Å². The van der Waals surface area contributed by atoms with Gasteiger partial charge >= 0.3 is 0 Å². The van der Waals surface area contributed by atoms with E-state index in [0.29, 0.717) is 11.6 Å². The Labute approximate surface area is 174 Å². The fraction of sp³-hybridized carbons (Fsp3) is 0.227. The number of thioether (sulfide) groups is 1. The first-order valence-electron chi connectivity index (χ1n) is 9.24. The van der Waals surface area contributed by atoms with Gasteiger partial charge in [-0.25, -0.2) is 4.98 Å². The van der Waals surface area contributed by atoms with E-state index in [9.17, 15) is 0 Å². The maximum Gasteiger partial charge on any atom is 0.226 e. The minimum absolute atomic E-state index is 0.644. The van der Waals surface area contributed by atoms with Crippen LogP contribution in [0.3, 0.4) is 0 Å². The summed E-state index contributed by atoms with van der Waals surface area (Å²) in [5.41, 5.74) is 5.17. The molecule has 0 unspecified atom stereocenters. The van der Waals surface area contributed by atoms with Gasteiger partial charge in [-0.3, -0.25) is 0 Å². The lowest BCUT2D eigenvalue weighted by molar-refractivity contribution is 0.416. The van der Waals surface area contributed by atoms with E-state index >= 15 is 0 Å². The van der Waals surface area contributed by atoms with Crippen LogP contribution in [0.5, 0.6) is 5.75 Å². The van der Waals surface area contributed by atoms with Crippen molar-refractivity contribution < 1.29 is 9.15 Å². The molecule has 0 bridgehead atoms. The van der Waals surface area contributed by atoms with Gasteiger partial charge in [-0.15, -0.1) is 10.2 Å². The zero-order chi connectivity index (χ0) is 20.4. The van der Waals surface area contributed by atoms with Gasteiger partial charge in [0, 0.05) is 18.4 Å². The van der Waals surface area contributed by atoms with Crippen molar-refractivity contribution in [3.8, 4) is 28.6 Å². The molecule has 0 aliphatic carbocycles. The second-order valence-corrected chi connectivity index (χ2v) is 7.76. The number of nitrogens with zero attached hydrogens (tertiary/aromatic N) is 4. The summed E-state index contributed by atoms with van der Waals surface area (Å²) in [7, 11) is 3.61. The minimum atomic E-state index is 0.644. The lowest BCUT2D eigenvalue weighted by Gasteiger charge is -2.07. The maximum absolute atomic E-state index is 5.71. The number of benzene rings is 2. The van der Waals surface area contributed by atoms with Crippen molar-refractivity contribution in [3.63, 3.8) is 0 Å². The average Bonchev–Trinajstić information content (AvgIpc) is 3.33. The normalized spacial score (nSPS) is 11.0. The summed E-state index contributed by atoms with van der Waals surface area (Å²) in [4.78, 5) is 4.64. The van der Waals surface area contributed by atoms with E-state index in [2.05, 4.69) is 47.2 Å². The van der Waals surface area contributed by atoms with E-state index < -0.39 is 0 Å². The standard InChI is InChI=1S/C22H22N4O2S/c1-14-9-10-17(15(2)11-14)21-23-16(12-28-21)13-29-22-25-24-20(26(22)3)18-7-5-6-8-19(18)27-4/h5-12H,13H2,1-4H3. The van der Waals surface area contributed by atoms with Crippen LogP contribution in [0.25, 0.3) is 22.8 Å². The zero-order valence-electron chi connectivity index (χ0n) is 16.8. The second kappa shape index (κ2) is 8.13. The van der Waals surface area contributed by atoms with Crippen LogP contribution < -0.4 is 4.74 Å². The first-order chi connectivity index (χ1) is 14.1. The van der Waals surface area contributed by atoms with Crippen LogP contribution in [0.4, 0.5) is 0 Å². The number of methoxy groups -OCH3 is 1. The van der Waals surface area contributed by atoms with Crippen molar-refractivity contribution >= 4 is 11.8 Å². The van der Waals surface area contributed by atoms with Gasteiger partial charge in [-0.2, -0.15) is 0 Å². The number of aryl methyl sites for hydroxylation is 2. The quantitative estimate of drug-likeness (QED) is 0.417. The molecular formula is C22H22N4O2S. The molecule has 4 aromatic rings. The summed E-state index contributed by atoms with van der Waals surface area (Å²) in [6.07, 6.45) is 1.71. The van der Waals surface area contributed by atoms with Crippen molar-refractivity contribution in [2.75, 3.05) is 7.11 Å². The molecule has 2 heterocycles. The third-order valence-electron chi connectivity index (χ3n) is 4.70. The largest absolute Gasteiger partial charge is 0.496 e. The molecule has 0 fully saturated rings. The van der Waals surface area contributed by atoms with Crippen molar-refractivity contribution in [2.24, 2.45) is 7.05 Å². The number of rotatable bonds is 6. The average molecular weight is 407 g/mol. The number of hydrogen-bond acceptors (Lipinski definition) is 6. The van der Waals surface area contributed by atoms with Gasteiger partial charge in [-0.1, -0.05) is 41.6 Å². The molecule has 0 atom stereocenters. The minimum Gasteiger partial charge on any atom is -0.496 e. The topological polar surface area (TPSA) is 66.0 Å². The first-order valence-corrected chi connectivity index (χ1v) is 10.2. The Morgan fingerprint density at radius 1 is 1.07 bits per heavy atom. The SMILES string of the molecule is COc1ccccc1-c1nnc(SCc2coc(-c3ccc(C)cc3C)n2)n1C. The van der Waals surface area contributed by atoms with Crippen LogP contribution in [0.1, 0.15) is 16.8 Å². The smallest absolute Gasteiger partial charge is 0.226 e. The van der Waals surface area contributed by atoms with E-state index in [4.69, 9.17) is 9.15 Å². The second-order valence-electron chi connectivity index (χ2n) is 6.82. The third kappa shape index (κ3) is 3.91. The summed E-state index contributed by atoms with van der Waals surface area (Å²) < 4.78 is 13.1. The van der Waals surface area contributed by atoms with Crippen LogP contribution in [0.15, 0.2) is 58.3 Å². The Hall–Kier alpha value is -3.06. The number of ether oxygens (including phenoxy) is 1. The molecular weight excluding hydrogens is 384 g/mol. The van der Waals surface area contributed by atoms with E-state index in [1.54, 1.807) is 25.1 Å². The predicted molar refractivity (Wildman–Crippen MR) is 114 cm³/mol. The van der Waals surface area contributed by atoms with Gasteiger partial charge in [0.1, 0.15) is 12.0 Å². The monoisotopic (exact) mass is 406 g/mol. The van der Waals surface area contributed by atoms with Crippen LogP contribution >= 0.6 is 11.8 Å². The van der Waals surface area contributed by atoms with Crippen LogP contribution in [-0.4, -0.2) is 26.9 Å². The molecule has 0 saturated carbocycles. The molecule has 0 spiro atoms. The number of aromatic nitrogens is 4. The molecule has 148 valence electrons. The fourth-order valence-corrected chi connectivity index (χ4v) is 3.98. The lowest BCUT2D eigenvalue weighted by Crippen LogP contribution is -1.97. The Balaban J connectivity index is 1.51. The third-order valence-corrected chi connectivity index (χ3v) is 5.75. The molecule has 0 aliphatic heterocycles. The van der Waals surface area contributed by atoms with E-state index in [1.165, 1.54) is 5.56 Å². The number of oxazole rings is 1. The summed E-state index contributed by atoms with van der Waals surface area (Å²) in [5.74, 6) is 2.83. The van der Waals surface area contributed by atoms with Gasteiger partial charge in [0.25, 0.3) is 0 Å². The highest BCUT2D eigenvalue weighted by molar-refractivity contribution is 7.98. The summed E-state index contributed by atoms with van der Waals surface area (Å²) in [6.45, 7) is 4.15. The Morgan fingerprint density at radius 2 is 1.90 bits per heavy atom. The molecule has 0 aliphatic rings. The van der Waals surface area contributed by atoms with E-state index in [-0.39, 0.29) is 0 Å². The van der Waals surface area contributed by atoms with E-state index in [0.717, 1.165) is 39.1 Å². The summed E-state index contributed by atoms with van der Waals surface area (Å²) in [6, 6.07) is 14.0. The van der Waals surface area contributed by atoms with Crippen molar-refractivity contribution in [1.82, 2.24) is 19.7 Å². The lowest BCUT2D eigenvalue weighted by atomic mass is 10.1. The highest BCUT2D eigenvalue weighted by atomic mass is 32.2. The highest BCUT2D eigenvalue weighted by Gasteiger charge is 2.16. The van der Waals surface area contributed by atoms with Crippen LogP contribution in [0, 0.1) is 13.8 Å². The summed E-state index contributed by atoms with van der Waals surface area (Å²) >= 11 is 1.57. The first kappa shape index (κ1) is 19.3. The number of hydrogen-bond donors (Lipinski definition) is 0.